The quantitative estimate of drug-likeness (QED) is 0.507. The van der Waals surface area contributed by atoms with Crippen molar-refractivity contribution in [1.82, 2.24) is 0 Å². The molecule has 1 aliphatic rings. The number of nitro benzene ring substituents is 1. The zero-order valence-corrected chi connectivity index (χ0v) is 15.2. The van der Waals surface area contributed by atoms with E-state index in [9.17, 15) is 14.9 Å². The number of nitro groups is 1. The smallest absolute Gasteiger partial charge is 0.293 e. The van der Waals surface area contributed by atoms with E-state index in [2.05, 4.69) is 36.1 Å². The van der Waals surface area contributed by atoms with Gasteiger partial charge in [-0.05, 0) is 31.5 Å². The lowest BCUT2D eigenvalue weighted by Gasteiger charge is -2.33. The summed E-state index contributed by atoms with van der Waals surface area (Å²) in [5.74, 6) is -0.160. The first-order valence-electron chi connectivity index (χ1n) is 8.88. The molecule has 6 nitrogen and oxygen atoms in total. The molecule has 2 aromatic rings. The number of benzene rings is 2. The number of aryl methyl sites for hydroxylation is 1. The van der Waals surface area contributed by atoms with Crippen molar-refractivity contribution in [1.29, 1.82) is 0 Å². The van der Waals surface area contributed by atoms with E-state index in [0.29, 0.717) is 11.3 Å². The van der Waals surface area contributed by atoms with Gasteiger partial charge in [-0.25, -0.2) is 0 Å². The standard InChI is InChI=1S/C20H23N3O3/c1-15-5-3-4-6-18(15)14-21-9-11-22(12-10-21)19-8-7-17(16(2)24)13-20(19)23(25)26/h3-8,13H,9-12,14H2,1-2H3/p+1. The Morgan fingerprint density at radius 2 is 1.88 bits per heavy atom. The number of hydrogen-bond acceptors (Lipinski definition) is 4. The minimum absolute atomic E-state index is 0.0139. The monoisotopic (exact) mass is 354 g/mol. The van der Waals surface area contributed by atoms with Crippen LogP contribution in [0.3, 0.4) is 0 Å². The van der Waals surface area contributed by atoms with Gasteiger partial charge < -0.3 is 9.80 Å². The summed E-state index contributed by atoms with van der Waals surface area (Å²) >= 11 is 0. The average molecular weight is 354 g/mol. The van der Waals surface area contributed by atoms with Crippen molar-refractivity contribution in [2.24, 2.45) is 0 Å². The Morgan fingerprint density at radius 1 is 1.19 bits per heavy atom. The summed E-state index contributed by atoms with van der Waals surface area (Å²) in [6.45, 7) is 7.92. The fourth-order valence-corrected chi connectivity index (χ4v) is 3.47. The highest BCUT2D eigenvalue weighted by atomic mass is 16.6. The summed E-state index contributed by atoms with van der Waals surface area (Å²) in [6, 6.07) is 13.2. The van der Waals surface area contributed by atoms with E-state index < -0.39 is 4.92 Å². The number of carbonyl (C=O) groups is 1. The molecule has 0 radical (unpaired) electrons. The van der Waals surface area contributed by atoms with Crippen LogP contribution in [0.15, 0.2) is 42.5 Å². The lowest BCUT2D eigenvalue weighted by Crippen LogP contribution is -3.13. The molecule has 1 saturated heterocycles. The average Bonchev–Trinajstić information content (AvgIpc) is 2.63. The van der Waals surface area contributed by atoms with Crippen LogP contribution in [-0.2, 0) is 6.54 Å². The SMILES string of the molecule is CC(=O)c1ccc(N2CC[NH+](Cc3ccccc3C)CC2)c([N+](=O)[O-])c1. The maximum Gasteiger partial charge on any atom is 0.293 e. The van der Waals surface area contributed by atoms with Crippen LogP contribution < -0.4 is 9.80 Å². The molecule has 0 bridgehead atoms. The van der Waals surface area contributed by atoms with Crippen LogP contribution >= 0.6 is 0 Å². The molecule has 1 aliphatic heterocycles. The molecule has 6 heteroatoms. The van der Waals surface area contributed by atoms with E-state index in [1.54, 1.807) is 12.1 Å². The molecule has 0 aliphatic carbocycles. The summed E-state index contributed by atoms with van der Waals surface area (Å²) in [7, 11) is 0. The molecular formula is C20H24N3O3+. The van der Waals surface area contributed by atoms with Gasteiger partial charge in [0.1, 0.15) is 12.2 Å². The van der Waals surface area contributed by atoms with Crippen molar-refractivity contribution in [3.05, 3.63) is 69.3 Å². The van der Waals surface area contributed by atoms with Crippen LogP contribution in [0.5, 0.6) is 0 Å². The van der Waals surface area contributed by atoms with Gasteiger partial charge >= 0.3 is 0 Å². The molecule has 2 aromatic carbocycles. The third kappa shape index (κ3) is 3.91. The van der Waals surface area contributed by atoms with Crippen LogP contribution in [-0.4, -0.2) is 36.9 Å². The van der Waals surface area contributed by atoms with Gasteiger partial charge in [0, 0.05) is 17.2 Å². The fraction of sp³-hybridized carbons (Fsp3) is 0.350. The van der Waals surface area contributed by atoms with E-state index in [0.717, 1.165) is 32.7 Å². The molecule has 1 heterocycles. The highest BCUT2D eigenvalue weighted by Gasteiger charge is 2.26. The molecule has 3 rings (SSSR count). The number of piperazine rings is 1. The van der Waals surface area contributed by atoms with Gasteiger partial charge in [-0.2, -0.15) is 0 Å². The molecule has 0 amide bonds. The molecule has 0 atom stereocenters. The number of carbonyl (C=O) groups excluding carboxylic acids is 1. The zero-order valence-electron chi connectivity index (χ0n) is 15.2. The van der Waals surface area contributed by atoms with Gasteiger partial charge in [-0.3, -0.25) is 14.9 Å². The Morgan fingerprint density at radius 3 is 2.50 bits per heavy atom. The van der Waals surface area contributed by atoms with Crippen LogP contribution in [0.25, 0.3) is 0 Å². The normalized spacial score (nSPS) is 15.1. The summed E-state index contributed by atoms with van der Waals surface area (Å²) in [4.78, 5) is 26.1. The van der Waals surface area contributed by atoms with Gasteiger partial charge in [0.05, 0.1) is 31.1 Å². The molecule has 0 aromatic heterocycles. The second-order valence-electron chi connectivity index (χ2n) is 6.86. The first-order valence-corrected chi connectivity index (χ1v) is 8.88. The molecule has 1 fully saturated rings. The third-order valence-electron chi connectivity index (χ3n) is 5.09. The summed E-state index contributed by atoms with van der Waals surface area (Å²) in [5, 5.41) is 11.4. The predicted molar refractivity (Wildman–Crippen MR) is 101 cm³/mol. The van der Waals surface area contributed by atoms with E-state index in [1.165, 1.54) is 29.0 Å². The number of quaternary nitrogens is 1. The van der Waals surface area contributed by atoms with Crippen molar-refractivity contribution >= 4 is 17.2 Å². The predicted octanol–water partition coefficient (Wildman–Crippen LogP) is 2.01. The number of hydrogen-bond donors (Lipinski definition) is 1. The van der Waals surface area contributed by atoms with Gasteiger partial charge in [0.25, 0.3) is 5.69 Å². The molecule has 0 saturated carbocycles. The van der Waals surface area contributed by atoms with Gasteiger partial charge in [0.15, 0.2) is 5.78 Å². The zero-order chi connectivity index (χ0) is 18.7. The minimum Gasteiger partial charge on any atom is -0.355 e. The van der Waals surface area contributed by atoms with E-state index >= 15 is 0 Å². The highest BCUT2D eigenvalue weighted by molar-refractivity contribution is 5.95. The topological polar surface area (TPSA) is 67.9 Å². The number of anilines is 1. The van der Waals surface area contributed by atoms with Gasteiger partial charge in [-0.1, -0.05) is 24.3 Å². The fourth-order valence-electron chi connectivity index (χ4n) is 3.47. The number of nitrogens with zero attached hydrogens (tertiary/aromatic N) is 2. The largest absolute Gasteiger partial charge is 0.355 e. The van der Waals surface area contributed by atoms with Crippen molar-refractivity contribution < 1.29 is 14.6 Å². The molecular weight excluding hydrogens is 330 g/mol. The Bertz CT molecular complexity index is 827. The van der Waals surface area contributed by atoms with Crippen molar-refractivity contribution in [3.8, 4) is 0 Å². The van der Waals surface area contributed by atoms with E-state index in [1.807, 2.05) is 0 Å². The second-order valence-corrected chi connectivity index (χ2v) is 6.86. The number of rotatable bonds is 5. The maximum absolute atomic E-state index is 11.5. The van der Waals surface area contributed by atoms with Gasteiger partial charge in [0.2, 0.25) is 0 Å². The number of ketones is 1. The van der Waals surface area contributed by atoms with E-state index in [-0.39, 0.29) is 11.5 Å². The first kappa shape index (κ1) is 18.1. The first-order chi connectivity index (χ1) is 12.5. The Labute approximate surface area is 153 Å². The van der Waals surface area contributed by atoms with Crippen LogP contribution in [0, 0.1) is 17.0 Å². The minimum atomic E-state index is -0.395. The Hall–Kier alpha value is -2.73. The van der Waals surface area contributed by atoms with Crippen molar-refractivity contribution in [2.75, 3.05) is 31.1 Å². The lowest BCUT2D eigenvalue weighted by atomic mass is 10.1. The summed E-state index contributed by atoms with van der Waals surface area (Å²) in [6.07, 6.45) is 0. The maximum atomic E-state index is 11.5. The van der Waals surface area contributed by atoms with Gasteiger partial charge in [-0.15, -0.1) is 0 Å². The van der Waals surface area contributed by atoms with Crippen molar-refractivity contribution in [3.63, 3.8) is 0 Å². The van der Waals surface area contributed by atoms with Crippen LogP contribution in [0.1, 0.15) is 28.4 Å². The number of nitrogens with one attached hydrogen (secondary N) is 1. The second kappa shape index (κ2) is 7.66. The van der Waals surface area contributed by atoms with Crippen LogP contribution in [0.2, 0.25) is 0 Å². The molecule has 0 unspecified atom stereocenters. The molecule has 1 N–H and O–H groups in total. The highest BCUT2D eigenvalue weighted by Crippen LogP contribution is 2.29. The Kier molecular flexibility index (Phi) is 5.32. The van der Waals surface area contributed by atoms with E-state index in [4.69, 9.17) is 0 Å². The molecule has 0 spiro atoms. The lowest BCUT2D eigenvalue weighted by molar-refractivity contribution is -0.914. The van der Waals surface area contributed by atoms with Crippen molar-refractivity contribution in [2.45, 2.75) is 20.4 Å². The molecule has 136 valence electrons. The Balaban J connectivity index is 1.71. The molecule has 26 heavy (non-hydrogen) atoms. The number of Topliss-reactive ketones (excluding diaryl/α,β-unsaturated/α-hetero) is 1. The third-order valence-corrected chi connectivity index (χ3v) is 5.09. The summed E-state index contributed by atoms with van der Waals surface area (Å²) in [5.41, 5.74) is 3.66. The summed E-state index contributed by atoms with van der Waals surface area (Å²) < 4.78 is 0. The van der Waals surface area contributed by atoms with Crippen LogP contribution in [0.4, 0.5) is 11.4 Å².